The van der Waals surface area contributed by atoms with Crippen LogP contribution in [0.2, 0.25) is 0 Å². The Hall–Kier alpha value is -0.260. The largest absolute Gasteiger partial charge is 0.478 e. The Morgan fingerprint density at radius 2 is 1.83 bits per heavy atom. The van der Waals surface area contributed by atoms with Crippen molar-refractivity contribution in [1.29, 1.82) is 0 Å². The molecule has 4 nitrogen and oxygen atoms in total. The van der Waals surface area contributed by atoms with Crippen LogP contribution in [0.25, 0.3) is 0 Å². The molecule has 8 heteroatoms. The smallest absolute Gasteiger partial charge is 0.337 e. The van der Waals surface area contributed by atoms with E-state index in [1.807, 2.05) is 0 Å². The molecule has 0 unspecified atom stereocenters. The molecule has 0 spiro atoms. The molecule has 1 aromatic rings. The van der Waals surface area contributed by atoms with Crippen LogP contribution in [0.5, 0.6) is 0 Å². The highest BCUT2D eigenvalue weighted by Gasteiger charge is 2.00. The zero-order valence-corrected chi connectivity index (χ0v) is 12.2. The van der Waals surface area contributed by atoms with Crippen LogP contribution < -0.4 is 5.32 Å². The van der Waals surface area contributed by atoms with Crippen molar-refractivity contribution in [2.24, 2.45) is 0 Å². The van der Waals surface area contributed by atoms with Gasteiger partial charge in [-0.1, -0.05) is 0 Å². The molecule has 1 rings (SSSR count). The van der Waals surface area contributed by atoms with Crippen molar-refractivity contribution in [3.8, 4) is 0 Å². The van der Waals surface area contributed by atoms with Gasteiger partial charge in [0.2, 0.25) is 0 Å². The van der Waals surface area contributed by atoms with E-state index in [1.54, 1.807) is 6.07 Å². The summed E-state index contributed by atoms with van der Waals surface area (Å²) in [6.45, 7) is 1.03. The first-order valence-corrected chi connectivity index (χ1v) is 6.58. The molecule has 2 N–H and O–H groups in total. The van der Waals surface area contributed by atoms with Crippen molar-refractivity contribution in [3.05, 3.63) is 30.1 Å². The number of hydrogen-bond donors (Lipinski definition) is 2. The van der Waals surface area contributed by atoms with E-state index >= 15 is 0 Å². The Morgan fingerprint density at radius 3 is 2.11 bits per heavy atom. The van der Waals surface area contributed by atoms with Gasteiger partial charge < -0.3 is 10.4 Å². The summed E-state index contributed by atoms with van der Waals surface area (Å²) >= 11 is 21.5. The second-order valence-corrected chi connectivity index (χ2v) is 5.54. The highest BCUT2D eigenvalue weighted by atomic mass is 35.5. The highest BCUT2D eigenvalue weighted by Crippen LogP contribution is 2.01. The predicted octanol–water partition coefficient (Wildman–Crippen LogP) is 2.96. The summed E-state index contributed by atoms with van der Waals surface area (Å²) in [5, 5.41) is 11.2. The van der Waals surface area contributed by atoms with Crippen LogP contribution in [-0.2, 0) is 0 Å². The molecule has 0 bridgehead atoms. The van der Waals surface area contributed by atoms with Gasteiger partial charge in [0, 0.05) is 25.5 Å². The number of pyridine rings is 1. The lowest BCUT2D eigenvalue weighted by atomic mass is 10.3. The van der Waals surface area contributed by atoms with Crippen LogP contribution in [-0.4, -0.2) is 38.8 Å². The molecule has 0 aliphatic rings. The summed E-state index contributed by atoms with van der Waals surface area (Å²) in [5.41, 5.74) is 0.220. The van der Waals surface area contributed by atoms with Crippen LogP contribution in [0.15, 0.2) is 24.5 Å². The lowest BCUT2D eigenvalue weighted by Crippen LogP contribution is -2.24. The zero-order valence-electron chi connectivity index (χ0n) is 9.19. The van der Waals surface area contributed by atoms with Crippen LogP contribution in [0.4, 0.5) is 0 Å². The van der Waals surface area contributed by atoms with Gasteiger partial charge in [0.05, 0.1) is 5.56 Å². The second kappa shape index (κ2) is 10.6. The molecule has 0 aliphatic carbocycles. The van der Waals surface area contributed by atoms with Crippen LogP contribution in [0.3, 0.4) is 0 Å². The fourth-order valence-electron chi connectivity index (χ4n) is 0.791. The summed E-state index contributed by atoms with van der Waals surface area (Å²) < 4.78 is 0. The van der Waals surface area contributed by atoms with E-state index in [9.17, 15) is 4.79 Å². The molecule has 0 aromatic carbocycles. The number of nitrogens with one attached hydrogen (secondary N) is 1. The van der Waals surface area contributed by atoms with Crippen molar-refractivity contribution in [2.75, 3.05) is 13.1 Å². The maximum Gasteiger partial charge on any atom is 0.337 e. The van der Waals surface area contributed by atoms with Gasteiger partial charge in [0.1, 0.15) is 9.67 Å². The first-order valence-electron chi connectivity index (χ1n) is 4.83. The van der Waals surface area contributed by atoms with Crippen molar-refractivity contribution in [3.63, 3.8) is 0 Å². The highest BCUT2D eigenvalue weighted by molar-refractivity contribution is 6.45. The standard InChI is InChI=1S/C6H5NO2.C4H7Cl4N/c8-6(9)5-2-1-3-7-4-5;5-3(6)1-9-2-4(7)8/h1-4H,(H,8,9);3-4,9H,1-2H2. The minimum atomic E-state index is -0.942. The zero-order chi connectivity index (χ0) is 14.0. The summed E-state index contributed by atoms with van der Waals surface area (Å²) in [4.78, 5) is 13.0. The Bertz CT molecular complexity index is 328. The lowest BCUT2D eigenvalue weighted by molar-refractivity contribution is 0.0696. The summed E-state index contributed by atoms with van der Waals surface area (Å²) in [6, 6.07) is 3.08. The van der Waals surface area contributed by atoms with E-state index in [1.165, 1.54) is 18.5 Å². The number of carboxylic acids is 1. The quantitative estimate of drug-likeness (QED) is 0.813. The molecule has 0 saturated heterocycles. The number of carbonyl (C=O) groups is 1. The Kier molecular flexibility index (Phi) is 10.5. The molecule has 0 aliphatic heterocycles. The topological polar surface area (TPSA) is 62.2 Å². The molecule has 0 amide bonds. The Labute approximate surface area is 125 Å². The number of nitrogens with zero attached hydrogens (tertiary/aromatic N) is 1. The maximum atomic E-state index is 10.2. The molecular weight excluding hydrogens is 322 g/mol. The van der Waals surface area contributed by atoms with Gasteiger partial charge in [-0.05, 0) is 12.1 Å². The maximum absolute atomic E-state index is 10.2. The van der Waals surface area contributed by atoms with E-state index in [4.69, 9.17) is 51.5 Å². The average molecular weight is 334 g/mol. The van der Waals surface area contributed by atoms with Crippen LogP contribution >= 0.6 is 46.4 Å². The van der Waals surface area contributed by atoms with Crippen LogP contribution in [0, 0.1) is 0 Å². The minimum Gasteiger partial charge on any atom is -0.478 e. The monoisotopic (exact) mass is 332 g/mol. The molecule has 0 radical (unpaired) electrons. The molecule has 1 aromatic heterocycles. The van der Waals surface area contributed by atoms with Gasteiger partial charge in [-0.15, -0.1) is 46.4 Å². The average Bonchev–Trinajstić information content (AvgIpc) is 2.30. The van der Waals surface area contributed by atoms with Crippen molar-refractivity contribution in [2.45, 2.75) is 9.67 Å². The molecule has 0 fully saturated rings. The molecule has 0 saturated carbocycles. The fourth-order valence-corrected chi connectivity index (χ4v) is 1.23. The number of halogens is 4. The SMILES string of the molecule is ClC(Cl)CNCC(Cl)Cl.O=C(O)c1cccnc1. The van der Waals surface area contributed by atoms with Crippen molar-refractivity contribution < 1.29 is 9.90 Å². The Morgan fingerprint density at radius 1 is 1.28 bits per heavy atom. The number of alkyl halides is 4. The predicted molar refractivity (Wildman–Crippen MR) is 75.1 cm³/mol. The number of aromatic nitrogens is 1. The van der Waals surface area contributed by atoms with E-state index in [-0.39, 0.29) is 5.56 Å². The number of hydrogen-bond acceptors (Lipinski definition) is 3. The fraction of sp³-hybridized carbons (Fsp3) is 0.400. The van der Waals surface area contributed by atoms with Gasteiger partial charge in [-0.2, -0.15) is 0 Å². The number of rotatable bonds is 5. The van der Waals surface area contributed by atoms with Crippen molar-refractivity contribution >= 4 is 52.4 Å². The van der Waals surface area contributed by atoms with Crippen LogP contribution in [0.1, 0.15) is 10.4 Å². The first kappa shape index (κ1) is 17.7. The first-order chi connectivity index (χ1) is 8.43. The third-order valence-electron chi connectivity index (χ3n) is 1.51. The molecule has 1 heterocycles. The van der Waals surface area contributed by atoms with Gasteiger partial charge in [-0.3, -0.25) is 4.98 Å². The van der Waals surface area contributed by atoms with E-state index in [0.29, 0.717) is 13.1 Å². The number of aromatic carboxylic acids is 1. The van der Waals surface area contributed by atoms with Gasteiger partial charge >= 0.3 is 5.97 Å². The van der Waals surface area contributed by atoms with Gasteiger partial charge in [0.25, 0.3) is 0 Å². The Balaban J connectivity index is 0.000000321. The normalized spacial score (nSPS) is 10.1. The van der Waals surface area contributed by atoms with E-state index in [0.717, 1.165) is 0 Å². The van der Waals surface area contributed by atoms with E-state index in [2.05, 4.69) is 10.3 Å². The summed E-state index contributed by atoms with van der Waals surface area (Å²) in [7, 11) is 0. The third kappa shape index (κ3) is 10.9. The lowest BCUT2D eigenvalue weighted by Gasteiger charge is -2.03. The second-order valence-electron chi connectivity index (χ2n) is 2.99. The van der Waals surface area contributed by atoms with E-state index < -0.39 is 15.6 Å². The molecule has 18 heavy (non-hydrogen) atoms. The molecular formula is C10H12Cl4N2O2. The molecule has 0 atom stereocenters. The van der Waals surface area contributed by atoms with Gasteiger partial charge in [-0.25, -0.2) is 4.79 Å². The molecule has 102 valence electrons. The van der Waals surface area contributed by atoms with Crippen molar-refractivity contribution in [1.82, 2.24) is 10.3 Å². The summed E-state index contributed by atoms with van der Waals surface area (Å²) in [5.74, 6) is -0.942. The van der Waals surface area contributed by atoms with Gasteiger partial charge in [0.15, 0.2) is 0 Å². The minimum absolute atomic E-state index is 0.220. The summed E-state index contributed by atoms with van der Waals surface area (Å²) in [6.07, 6.45) is 2.84. The third-order valence-corrected chi connectivity index (χ3v) is 2.12. The number of carboxylic acid groups (broad SMARTS) is 1.